The Balaban J connectivity index is 2.12. The third-order valence-corrected chi connectivity index (χ3v) is 4.02. The molecular formula is C17H24O4. The molecule has 116 valence electrons. The summed E-state index contributed by atoms with van der Waals surface area (Å²) in [6.45, 7) is 9.65. The first-order chi connectivity index (χ1) is 9.93. The Kier molecular flexibility index (Phi) is 5.01. The van der Waals surface area contributed by atoms with Crippen LogP contribution in [-0.2, 0) is 19.0 Å². The monoisotopic (exact) mass is 292 g/mol. The number of carbonyl (C=O) groups excluding carboxylic acids is 1. The predicted octanol–water partition coefficient (Wildman–Crippen LogP) is 3.35. The summed E-state index contributed by atoms with van der Waals surface area (Å²) >= 11 is 0. The topological polar surface area (TPSA) is 44.8 Å². The van der Waals surface area contributed by atoms with Crippen LogP contribution in [0, 0.1) is 11.8 Å². The molecule has 0 bridgehead atoms. The van der Waals surface area contributed by atoms with Crippen molar-refractivity contribution >= 4 is 5.97 Å². The second kappa shape index (κ2) is 6.58. The highest BCUT2D eigenvalue weighted by molar-refractivity contribution is 5.66. The standard InChI is InChI=1S/C17H24O4/c1-5-6-13-7-8-15(14(13)9-10-19-12(2)18)16-11-20-17(3,4)21-16/h5-6,9-10,14-16H,1,7-8,11H2,2-4H3/b10-9+,13-6-/t14-,15-,16+/m0/s1. The van der Waals surface area contributed by atoms with E-state index in [9.17, 15) is 4.79 Å². The second-order valence-corrected chi connectivity index (χ2v) is 6.01. The van der Waals surface area contributed by atoms with E-state index in [-0.39, 0.29) is 18.0 Å². The maximum atomic E-state index is 10.9. The van der Waals surface area contributed by atoms with Gasteiger partial charge in [0.1, 0.15) is 0 Å². The zero-order valence-electron chi connectivity index (χ0n) is 13.0. The van der Waals surface area contributed by atoms with Crippen molar-refractivity contribution in [1.82, 2.24) is 0 Å². The van der Waals surface area contributed by atoms with Crippen molar-refractivity contribution in [2.45, 2.75) is 45.5 Å². The van der Waals surface area contributed by atoms with Crippen LogP contribution in [0.5, 0.6) is 0 Å². The summed E-state index contributed by atoms with van der Waals surface area (Å²) in [6, 6.07) is 0. The van der Waals surface area contributed by atoms with E-state index in [1.807, 2.05) is 26.0 Å². The Morgan fingerprint density at radius 2 is 2.24 bits per heavy atom. The largest absolute Gasteiger partial charge is 0.435 e. The fourth-order valence-corrected chi connectivity index (χ4v) is 3.13. The van der Waals surface area contributed by atoms with Gasteiger partial charge in [0.05, 0.1) is 19.0 Å². The van der Waals surface area contributed by atoms with E-state index in [0.717, 1.165) is 12.8 Å². The van der Waals surface area contributed by atoms with E-state index < -0.39 is 5.79 Å². The number of hydrogen-bond acceptors (Lipinski definition) is 4. The van der Waals surface area contributed by atoms with E-state index in [2.05, 4.69) is 6.58 Å². The van der Waals surface area contributed by atoms with Gasteiger partial charge in [-0.15, -0.1) is 0 Å². The average molecular weight is 292 g/mol. The highest BCUT2D eigenvalue weighted by atomic mass is 16.7. The molecule has 21 heavy (non-hydrogen) atoms. The van der Waals surface area contributed by atoms with Crippen molar-refractivity contribution in [3.05, 3.63) is 36.6 Å². The van der Waals surface area contributed by atoms with Gasteiger partial charge in [0.2, 0.25) is 0 Å². The maximum Gasteiger partial charge on any atom is 0.307 e. The van der Waals surface area contributed by atoms with E-state index in [4.69, 9.17) is 14.2 Å². The minimum absolute atomic E-state index is 0.0719. The summed E-state index contributed by atoms with van der Waals surface area (Å²) in [5.41, 5.74) is 1.30. The molecule has 1 heterocycles. The molecule has 1 aliphatic heterocycles. The Labute approximate surface area is 126 Å². The summed E-state index contributed by atoms with van der Waals surface area (Å²) in [6.07, 6.45) is 9.41. The molecule has 2 aliphatic rings. The fourth-order valence-electron chi connectivity index (χ4n) is 3.13. The zero-order valence-corrected chi connectivity index (χ0v) is 13.0. The van der Waals surface area contributed by atoms with Crippen molar-refractivity contribution in [2.24, 2.45) is 11.8 Å². The van der Waals surface area contributed by atoms with Gasteiger partial charge in [-0.3, -0.25) is 4.79 Å². The Morgan fingerprint density at radius 3 is 2.81 bits per heavy atom. The summed E-state index contributed by atoms with van der Waals surface area (Å²) in [7, 11) is 0. The van der Waals surface area contributed by atoms with Crippen molar-refractivity contribution < 1.29 is 19.0 Å². The Morgan fingerprint density at radius 1 is 1.48 bits per heavy atom. The highest BCUT2D eigenvalue weighted by Crippen LogP contribution is 2.43. The van der Waals surface area contributed by atoms with Crippen LogP contribution in [0.2, 0.25) is 0 Å². The lowest BCUT2D eigenvalue weighted by Gasteiger charge is -2.24. The molecule has 2 rings (SSSR count). The molecule has 1 saturated carbocycles. The van der Waals surface area contributed by atoms with Crippen LogP contribution < -0.4 is 0 Å². The van der Waals surface area contributed by atoms with Crippen molar-refractivity contribution in [3.63, 3.8) is 0 Å². The molecule has 4 nitrogen and oxygen atoms in total. The van der Waals surface area contributed by atoms with E-state index in [1.165, 1.54) is 18.8 Å². The lowest BCUT2D eigenvalue weighted by Crippen LogP contribution is -2.28. The molecule has 0 aromatic rings. The van der Waals surface area contributed by atoms with Gasteiger partial charge < -0.3 is 14.2 Å². The van der Waals surface area contributed by atoms with E-state index >= 15 is 0 Å². The van der Waals surface area contributed by atoms with Gasteiger partial charge in [0.25, 0.3) is 0 Å². The van der Waals surface area contributed by atoms with Crippen LogP contribution in [-0.4, -0.2) is 24.5 Å². The summed E-state index contributed by atoms with van der Waals surface area (Å²) < 4.78 is 16.6. The number of allylic oxidation sites excluding steroid dienone is 4. The normalized spacial score (nSPS) is 33.7. The smallest absolute Gasteiger partial charge is 0.307 e. The Hall–Kier alpha value is -1.39. The molecule has 2 fully saturated rings. The molecule has 0 amide bonds. The van der Waals surface area contributed by atoms with Crippen LogP contribution in [0.4, 0.5) is 0 Å². The van der Waals surface area contributed by atoms with Crippen LogP contribution in [0.15, 0.2) is 36.6 Å². The SMILES string of the molecule is C=C/C=C1/CC[C@H]([C@H]2COC(C)(C)O2)[C@H]1/C=C/OC(C)=O. The number of esters is 1. The first-order valence-electron chi connectivity index (χ1n) is 7.40. The molecule has 0 N–H and O–H groups in total. The minimum atomic E-state index is -0.514. The van der Waals surface area contributed by atoms with Crippen LogP contribution in [0.3, 0.4) is 0 Å². The summed E-state index contributed by atoms with van der Waals surface area (Å²) in [5.74, 6) is -0.286. The zero-order chi connectivity index (χ0) is 15.5. The molecule has 0 aromatic carbocycles. The molecule has 0 aromatic heterocycles. The molecule has 1 saturated heterocycles. The van der Waals surface area contributed by atoms with Crippen molar-refractivity contribution in [3.8, 4) is 0 Å². The summed E-state index contributed by atoms with van der Waals surface area (Å²) in [4.78, 5) is 10.9. The average Bonchev–Trinajstić information content (AvgIpc) is 2.94. The minimum Gasteiger partial charge on any atom is -0.435 e. The maximum absolute atomic E-state index is 10.9. The lowest BCUT2D eigenvalue weighted by molar-refractivity contribution is -0.145. The molecule has 4 heteroatoms. The second-order valence-electron chi connectivity index (χ2n) is 6.01. The van der Waals surface area contributed by atoms with E-state index in [1.54, 1.807) is 6.08 Å². The van der Waals surface area contributed by atoms with Gasteiger partial charge >= 0.3 is 5.97 Å². The molecule has 0 unspecified atom stereocenters. The van der Waals surface area contributed by atoms with Gasteiger partial charge in [-0.05, 0) is 38.7 Å². The Bertz CT molecular complexity index is 461. The van der Waals surface area contributed by atoms with Gasteiger partial charge in [-0.2, -0.15) is 0 Å². The van der Waals surface area contributed by atoms with E-state index in [0.29, 0.717) is 12.5 Å². The molecular weight excluding hydrogens is 268 g/mol. The highest BCUT2D eigenvalue weighted by Gasteiger charge is 2.43. The lowest BCUT2D eigenvalue weighted by atomic mass is 9.89. The number of rotatable bonds is 4. The van der Waals surface area contributed by atoms with Crippen molar-refractivity contribution in [2.75, 3.05) is 6.61 Å². The first-order valence-corrected chi connectivity index (χ1v) is 7.40. The molecule has 0 radical (unpaired) electrons. The molecule has 1 aliphatic carbocycles. The quantitative estimate of drug-likeness (QED) is 0.589. The van der Waals surface area contributed by atoms with Gasteiger partial charge in [0.15, 0.2) is 5.79 Å². The van der Waals surface area contributed by atoms with Crippen LogP contribution >= 0.6 is 0 Å². The van der Waals surface area contributed by atoms with Gasteiger partial charge in [-0.25, -0.2) is 0 Å². The predicted molar refractivity (Wildman–Crippen MR) is 80.3 cm³/mol. The van der Waals surface area contributed by atoms with Crippen molar-refractivity contribution in [1.29, 1.82) is 0 Å². The molecule has 3 atom stereocenters. The number of hydrogen-bond donors (Lipinski definition) is 0. The third-order valence-electron chi connectivity index (χ3n) is 4.02. The summed E-state index contributed by atoms with van der Waals surface area (Å²) in [5, 5.41) is 0. The molecule has 0 spiro atoms. The van der Waals surface area contributed by atoms with Crippen LogP contribution in [0.1, 0.15) is 33.6 Å². The first kappa shape index (κ1) is 16.0. The third kappa shape index (κ3) is 4.05. The fraction of sp³-hybridized carbons (Fsp3) is 0.588. The number of ether oxygens (including phenoxy) is 3. The van der Waals surface area contributed by atoms with Gasteiger partial charge in [-0.1, -0.05) is 24.3 Å². The van der Waals surface area contributed by atoms with Gasteiger partial charge in [0, 0.05) is 12.8 Å². The number of carbonyl (C=O) groups is 1. The van der Waals surface area contributed by atoms with Crippen LogP contribution in [0.25, 0.3) is 0 Å².